The van der Waals surface area contributed by atoms with Gasteiger partial charge < -0.3 is 9.88 Å². The summed E-state index contributed by atoms with van der Waals surface area (Å²) in [6.45, 7) is 2.25. The number of hydrogen-bond donors (Lipinski definition) is 1. The Balaban J connectivity index is 1.88. The summed E-state index contributed by atoms with van der Waals surface area (Å²) in [6, 6.07) is 0.461. The van der Waals surface area contributed by atoms with E-state index in [0.29, 0.717) is 6.04 Å². The highest BCUT2D eigenvalue weighted by atomic mass is 15.3. The second-order valence-electron chi connectivity index (χ2n) is 4.23. The highest BCUT2D eigenvalue weighted by Gasteiger charge is 2.24. The first-order valence-corrected chi connectivity index (χ1v) is 5.60. The summed E-state index contributed by atoms with van der Waals surface area (Å²) in [5, 5.41) is 12.1. The first-order valence-electron chi connectivity index (χ1n) is 5.60. The molecule has 1 unspecified atom stereocenters. The van der Waals surface area contributed by atoms with Crippen LogP contribution in [0.2, 0.25) is 0 Å². The maximum absolute atomic E-state index is 4.31. The predicted octanol–water partition coefficient (Wildman–Crippen LogP) is 1.04. The highest BCUT2D eigenvalue weighted by molar-refractivity contribution is 5.05. The molecule has 0 radical (unpaired) electrons. The van der Waals surface area contributed by atoms with Gasteiger partial charge in [-0.15, -0.1) is 10.2 Å². The highest BCUT2D eigenvalue weighted by Crippen LogP contribution is 2.24. The van der Waals surface area contributed by atoms with Gasteiger partial charge in [-0.25, -0.2) is 0 Å². The molecule has 2 aliphatic heterocycles. The summed E-state index contributed by atoms with van der Waals surface area (Å²) in [5.74, 6) is 2.37. The quantitative estimate of drug-likeness (QED) is 0.723. The van der Waals surface area contributed by atoms with Crippen LogP contribution >= 0.6 is 0 Å². The predicted molar refractivity (Wildman–Crippen MR) is 52.9 cm³/mol. The first-order chi connectivity index (χ1) is 6.95. The molecule has 2 aliphatic rings. The second-order valence-corrected chi connectivity index (χ2v) is 4.23. The molecular weight excluding hydrogens is 176 g/mol. The zero-order valence-corrected chi connectivity index (χ0v) is 8.37. The Kier molecular flexibility index (Phi) is 2.01. The molecule has 0 bridgehead atoms. The van der Waals surface area contributed by atoms with E-state index >= 15 is 0 Å². The Morgan fingerprint density at radius 1 is 1.21 bits per heavy atom. The molecule has 76 valence electrons. The van der Waals surface area contributed by atoms with Crippen molar-refractivity contribution in [3.8, 4) is 0 Å². The lowest BCUT2D eigenvalue weighted by atomic mass is 10.0. The lowest BCUT2D eigenvalue weighted by molar-refractivity contribution is 0.386. The van der Waals surface area contributed by atoms with Gasteiger partial charge in [0.05, 0.1) is 6.04 Å². The van der Waals surface area contributed by atoms with E-state index in [2.05, 4.69) is 20.1 Å². The third-order valence-electron chi connectivity index (χ3n) is 3.26. The van der Waals surface area contributed by atoms with Gasteiger partial charge in [0.2, 0.25) is 0 Å². The van der Waals surface area contributed by atoms with Crippen molar-refractivity contribution < 1.29 is 0 Å². The summed E-state index contributed by atoms with van der Waals surface area (Å²) in [6.07, 6.45) is 6.19. The van der Waals surface area contributed by atoms with E-state index in [1.54, 1.807) is 0 Å². The van der Waals surface area contributed by atoms with Crippen molar-refractivity contribution in [1.29, 1.82) is 0 Å². The van der Waals surface area contributed by atoms with E-state index in [4.69, 9.17) is 0 Å². The van der Waals surface area contributed by atoms with Gasteiger partial charge in [0.25, 0.3) is 0 Å². The van der Waals surface area contributed by atoms with Crippen LogP contribution in [0, 0.1) is 0 Å². The maximum atomic E-state index is 4.31. The van der Waals surface area contributed by atoms with Crippen molar-refractivity contribution in [2.24, 2.45) is 0 Å². The van der Waals surface area contributed by atoms with Gasteiger partial charge in [-0.1, -0.05) is 6.42 Å². The van der Waals surface area contributed by atoms with Gasteiger partial charge in [0, 0.05) is 13.0 Å². The number of rotatable bonds is 1. The minimum Gasteiger partial charge on any atom is -0.314 e. The van der Waals surface area contributed by atoms with E-state index in [1.165, 1.54) is 37.3 Å². The molecule has 0 amide bonds. The topological polar surface area (TPSA) is 42.7 Å². The molecule has 4 heteroatoms. The van der Waals surface area contributed by atoms with E-state index in [-0.39, 0.29) is 0 Å². The average Bonchev–Trinajstić information content (AvgIpc) is 2.79. The van der Waals surface area contributed by atoms with Crippen LogP contribution in [-0.2, 0) is 13.0 Å². The van der Waals surface area contributed by atoms with Gasteiger partial charge in [-0.2, -0.15) is 0 Å². The van der Waals surface area contributed by atoms with Crippen LogP contribution in [0.5, 0.6) is 0 Å². The number of nitrogens with zero attached hydrogens (tertiary/aromatic N) is 3. The van der Waals surface area contributed by atoms with E-state index in [9.17, 15) is 0 Å². The average molecular weight is 192 g/mol. The fourth-order valence-corrected chi connectivity index (χ4v) is 2.50. The van der Waals surface area contributed by atoms with Crippen molar-refractivity contribution in [3.63, 3.8) is 0 Å². The molecule has 1 aromatic rings. The number of aromatic nitrogens is 3. The number of hydrogen-bond acceptors (Lipinski definition) is 3. The standard InChI is InChI=1S/C10H16N4/c1-2-6-11-8(4-1)10-13-12-9-5-3-7-14(9)10/h8,11H,1-7H2. The lowest BCUT2D eigenvalue weighted by Gasteiger charge is -2.22. The zero-order chi connectivity index (χ0) is 9.38. The van der Waals surface area contributed by atoms with Gasteiger partial charge >= 0.3 is 0 Å². The largest absolute Gasteiger partial charge is 0.314 e. The molecule has 1 atom stereocenters. The van der Waals surface area contributed by atoms with Gasteiger partial charge in [0.15, 0.2) is 0 Å². The third kappa shape index (κ3) is 1.25. The molecule has 1 N–H and O–H groups in total. The van der Waals surface area contributed by atoms with Gasteiger partial charge in [0.1, 0.15) is 11.6 Å². The molecule has 4 nitrogen and oxygen atoms in total. The Morgan fingerprint density at radius 2 is 2.21 bits per heavy atom. The maximum Gasteiger partial charge on any atom is 0.150 e. The van der Waals surface area contributed by atoms with Crippen LogP contribution < -0.4 is 5.32 Å². The van der Waals surface area contributed by atoms with Crippen molar-refractivity contribution in [2.75, 3.05) is 6.54 Å². The minimum atomic E-state index is 0.461. The van der Waals surface area contributed by atoms with Crippen molar-refractivity contribution in [2.45, 2.75) is 44.7 Å². The molecule has 3 rings (SSSR count). The normalized spacial score (nSPS) is 26.4. The van der Waals surface area contributed by atoms with Crippen molar-refractivity contribution in [1.82, 2.24) is 20.1 Å². The first kappa shape index (κ1) is 8.41. The number of piperidine rings is 1. The Hall–Kier alpha value is -0.900. The van der Waals surface area contributed by atoms with E-state index in [0.717, 1.165) is 19.5 Å². The lowest BCUT2D eigenvalue weighted by Crippen LogP contribution is -2.29. The smallest absolute Gasteiger partial charge is 0.150 e. The molecule has 3 heterocycles. The molecule has 1 saturated heterocycles. The molecule has 0 spiro atoms. The molecular formula is C10H16N4. The molecule has 0 saturated carbocycles. The van der Waals surface area contributed by atoms with Crippen LogP contribution in [0.1, 0.15) is 43.4 Å². The van der Waals surface area contributed by atoms with Gasteiger partial charge in [-0.3, -0.25) is 0 Å². The molecule has 0 aromatic carbocycles. The summed E-state index contributed by atoms with van der Waals surface area (Å²) in [5.41, 5.74) is 0. The van der Waals surface area contributed by atoms with Crippen LogP contribution in [0.25, 0.3) is 0 Å². The molecule has 14 heavy (non-hydrogen) atoms. The summed E-state index contributed by atoms with van der Waals surface area (Å²) in [4.78, 5) is 0. The number of fused-ring (bicyclic) bond motifs is 1. The van der Waals surface area contributed by atoms with Crippen molar-refractivity contribution in [3.05, 3.63) is 11.6 Å². The summed E-state index contributed by atoms with van der Waals surface area (Å²) >= 11 is 0. The van der Waals surface area contributed by atoms with E-state index < -0.39 is 0 Å². The van der Waals surface area contributed by atoms with E-state index in [1.807, 2.05) is 0 Å². The Bertz CT molecular complexity index is 325. The fraction of sp³-hybridized carbons (Fsp3) is 0.800. The Labute approximate surface area is 83.7 Å². The summed E-state index contributed by atoms with van der Waals surface area (Å²) < 4.78 is 2.31. The summed E-state index contributed by atoms with van der Waals surface area (Å²) in [7, 11) is 0. The minimum absolute atomic E-state index is 0.461. The van der Waals surface area contributed by atoms with Crippen molar-refractivity contribution >= 4 is 0 Å². The number of aryl methyl sites for hydroxylation is 1. The second kappa shape index (κ2) is 3.35. The zero-order valence-electron chi connectivity index (χ0n) is 8.37. The van der Waals surface area contributed by atoms with Crippen LogP contribution in [0.4, 0.5) is 0 Å². The molecule has 0 aliphatic carbocycles. The fourth-order valence-electron chi connectivity index (χ4n) is 2.50. The van der Waals surface area contributed by atoms with Crippen LogP contribution in [0.3, 0.4) is 0 Å². The molecule has 1 aromatic heterocycles. The van der Waals surface area contributed by atoms with Crippen LogP contribution in [0.15, 0.2) is 0 Å². The third-order valence-corrected chi connectivity index (χ3v) is 3.26. The SMILES string of the molecule is C1CCC(c2nnc3n2CCC3)NC1. The van der Waals surface area contributed by atoms with Crippen LogP contribution in [-0.4, -0.2) is 21.3 Å². The monoisotopic (exact) mass is 192 g/mol. The number of nitrogens with one attached hydrogen (secondary N) is 1. The molecule has 1 fully saturated rings. The van der Waals surface area contributed by atoms with Gasteiger partial charge in [-0.05, 0) is 25.8 Å². The Morgan fingerprint density at radius 3 is 3.07 bits per heavy atom.